The van der Waals surface area contributed by atoms with Gasteiger partial charge >= 0.3 is 6.09 Å². The number of carbonyl (C=O) groups excluding carboxylic acids is 1. The van der Waals surface area contributed by atoms with Crippen molar-refractivity contribution in [2.75, 3.05) is 13.1 Å². The summed E-state index contributed by atoms with van der Waals surface area (Å²) >= 11 is 0. The third-order valence-electron chi connectivity index (χ3n) is 3.97. The number of amides is 1. The van der Waals surface area contributed by atoms with E-state index < -0.39 is 5.60 Å². The molecule has 4 nitrogen and oxygen atoms in total. The lowest BCUT2D eigenvalue weighted by Crippen LogP contribution is -2.52. The molecular weight excluding hydrogens is 240 g/mol. The molecular formula is C15H28N2O2. The molecule has 0 aromatic carbocycles. The van der Waals surface area contributed by atoms with Crippen molar-refractivity contribution >= 4 is 6.09 Å². The van der Waals surface area contributed by atoms with E-state index in [2.05, 4.69) is 5.32 Å². The highest BCUT2D eigenvalue weighted by atomic mass is 16.6. The topological polar surface area (TPSA) is 41.6 Å². The number of hydrogen-bond donors (Lipinski definition) is 1. The largest absolute Gasteiger partial charge is 0.444 e. The van der Waals surface area contributed by atoms with Crippen LogP contribution in [0.3, 0.4) is 0 Å². The third kappa shape index (κ3) is 4.37. The summed E-state index contributed by atoms with van der Waals surface area (Å²) in [7, 11) is 0. The summed E-state index contributed by atoms with van der Waals surface area (Å²) in [5.41, 5.74) is -0.404. The molecule has 0 spiro atoms. The molecule has 0 aromatic heterocycles. The van der Waals surface area contributed by atoms with Crippen molar-refractivity contribution in [3.05, 3.63) is 0 Å². The van der Waals surface area contributed by atoms with Crippen LogP contribution in [-0.4, -0.2) is 41.8 Å². The number of hydrogen-bond acceptors (Lipinski definition) is 3. The molecule has 19 heavy (non-hydrogen) atoms. The number of piperidine rings is 1. The molecule has 0 radical (unpaired) electrons. The van der Waals surface area contributed by atoms with Crippen molar-refractivity contribution in [2.24, 2.45) is 0 Å². The minimum atomic E-state index is -0.404. The van der Waals surface area contributed by atoms with Crippen LogP contribution in [0.2, 0.25) is 0 Å². The van der Waals surface area contributed by atoms with Crippen molar-refractivity contribution in [1.29, 1.82) is 0 Å². The Morgan fingerprint density at radius 2 is 1.95 bits per heavy atom. The number of carbonyl (C=O) groups is 1. The van der Waals surface area contributed by atoms with Gasteiger partial charge in [0.05, 0.1) is 0 Å². The fourth-order valence-electron chi connectivity index (χ4n) is 2.71. The van der Waals surface area contributed by atoms with Crippen molar-refractivity contribution < 1.29 is 9.53 Å². The van der Waals surface area contributed by atoms with Gasteiger partial charge in [-0.15, -0.1) is 0 Å². The van der Waals surface area contributed by atoms with Crippen molar-refractivity contribution in [3.63, 3.8) is 0 Å². The van der Waals surface area contributed by atoms with Gasteiger partial charge < -0.3 is 15.0 Å². The van der Waals surface area contributed by atoms with Gasteiger partial charge in [-0.2, -0.15) is 0 Å². The molecule has 2 rings (SSSR count). The lowest BCUT2D eigenvalue weighted by Gasteiger charge is -2.40. The average Bonchev–Trinajstić information content (AvgIpc) is 2.25. The highest BCUT2D eigenvalue weighted by Crippen LogP contribution is 2.27. The average molecular weight is 268 g/mol. The molecule has 1 amide bonds. The van der Waals surface area contributed by atoms with Gasteiger partial charge in [-0.25, -0.2) is 4.79 Å². The fourth-order valence-corrected chi connectivity index (χ4v) is 2.71. The van der Waals surface area contributed by atoms with Crippen LogP contribution in [0.5, 0.6) is 0 Å². The monoisotopic (exact) mass is 268 g/mol. The van der Waals surface area contributed by atoms with Gasteiger partial charge in [0.2, 0.25) is 0 Å². The van der Waals surface area contributed by atoms with E-state index in [0.717, 1.165) is 25.9 Å². The van der Waals surface area contributed by atoms with Gasteiger partial charge in [0.1, 0.15) is 5.60 Å². The zero-order valence-electron chi connectivity index (χ0n) is 12.6. The van der Waals surface area contributed by atoms with E-state index in [9.17, 15) is 4.79 Å². The second-order valence-corrected chi connectivity index (χ2v) is 6.86. The minimum absolute atomic E-state index is 0.135. The predicted molar refractivity (Wildman–Crippen MR) is 76.2 cm³/mol. The summed E-state index contributed by atoms with van der Waals surface area (Å²) in [5.74, 6) is 0. The van der Waals surface area contributed by atoms with E-state index in [0.29, 0.717) is 12.1 Å². The van der Waals surface area contributed by atoms with E-state index in [1.54, 1.807) is 0 Å². The molecule has 1 unspecified atom stereocenters. The summed E-state index contributed by atoms with van der Waals surface area (Å²) in [5, 5.41) is 3.52. The van der Waals surface area contributed by atoms with Crippen molar-refractivity contribution in [2.45, 2.75) is 77.0 Å². The fraction of sp³-hybridized carbons (Fsp3) is 0.933. The molecule has 1 saturated carbocycles. The molecule has 2 aliphatic rings. The standard InChI is InChI=1S/C15H28N2O2/c1-15(2,3)19-14(18)17(13-8-6-9-13)11-12-7-4-5-10-16-12/h12-13,16H,4-11H2,1-3H3. The van der Waals surface area contributed by atoms with E-state index >= 15 is 0 Å². The first-order valence-electron chi connectivity index (χ1n) is 7.69. The molecule has 4 heteroatoms. The Bertz CT molecular complexity index is 302. The van der Waals surface area contributed by atoms with Crippen LogP contribution in [0.4, 0.5) is 4.79 Å². The highest BCUT2D eigenvalue weighted by Gasteiger charge is 2.33. The van der Waals surface area contributed by atoms with Gasteiger partial charge in [0, 0.05) is 18.6 Å². The Morgan fingerprint density at radius 1 is 1.21 bits per heavy atom. The number of rotatable bonds is 3. The van der Waals surface area contributed by atoms with Crippen LogP contribution in [0.25, 0.3) is 0 Å². The second kappa shape index (κ2) is 6.12. The van der Waals surface area contributed by atoms with Crippen LogP contribution < -0.4 is 5.32 Å². The first kappa shape index (κ1) is 14.6. The smallest absolute Gasteiger partial charge is 0.410 e. The molecule has 2 fully saturated rings. The first-order valence-corrected chi connectivity index (χ1v) is 7.69. The molecule has 0 bridgehead atoms. The van der Waals surface area contributed by atoms with Crippen molar-refractivity contribution in [3.8, 4) is 0 Å². The molecule has 1 aliphatic heterocycles. The zero-order chi connectivity index (χ0) is 13.9. The second-order valence-electron chi connectivity index (χ2n) is 6.86. The Labute approximate surface area is 116 Å². The van der Waals surface area contributed by atoms with Crippen LogP contribution in [0, 0.1) is 0 Å². The summed E-state index contributed by atoms with van der Waals surface area (Å²) in [6.45, 7) is 7.69. The molecule has 110 valence electrons. The zero-order valence-corrected chi connectivity index (χ0v) is 12.6. The highest BCUT2D eigenvalue weighted by molar-refractivity contribution is 5.68. The van der Waals surface area contributed by atoms with Gasteiger partial charge in [-0.3, -0.25) is 0 Å². The summed E-state index contributed by atoms with van der Waals surface area (Å²) in [6.07, 6.45) is 7.06. The Hall–Kier alpha value is -0.770. The molecule has 1 aliphatic carbocycles. The molecule has 1 N–H and O–H groups in total. The minimum Gasteiger partial charge on any atom is -0.444 e. The van der Waals surface area contributed by atoms with E-state index in [4.69, 9.17) is 4.74 Å². The number of nitrogens with zero attached hydrogens (tertiary/aromatic N) is 1. The van der Waals surface area contributed by atoms with E-state index in [1.165, 1.54) is 25.7 Å². The van der Waals surface area contributed by atoms with Gasteiger partial charge in [0.15, 0.2) is 0 Å². The maximum Gasteiger partial charge on any atom is 0.410 e. The molecule has 1 saturated heterocycles. The van der Waals surface area contributed by atoms with Gasteiger partial charge in [-0.1, -0.05) is 6.42 Å². The quantitative estimate of drug-likeness (QED) is 0.855. The number of ether oxygens (including phenoxy) is 1. The van der Waals surface area contributed by atoms with E-state index in [1.807, 2.05) is 25.7 Å². The Balaban J connectivity index is 1.92. The van der Waals surface area contributed by atoms with Crippen LogP contribution in [-0.2, 0) is 4.74 Å². The van der Waals surface area contributed by atoms with Gasteiger partial charge in [0.25, 0.3) is 0 Å². The molecule has 1 heterocycles. The number of nitrogens with one attached hydrogen (secondary N) is 1. The molecule has 0 aromatic rings. The lowest BCUT2D eigenvalue weighted by molar-refractivity contribution is 0.00378. The summed E-state index contributed by atoms with van der Waals surface area (Å²) in [4.78, 5) is 14.3. The van der Waals surface area contributed by atoms with Gasteiger partial charge in [-0.05, 0) is 59.4 Å². The van der Waals surface area contributed by atoms with Crippen LogP contribution >= 0.6 is 0 Å². The van der Waals surface area contributed by atoms with E-state index in [-0.39, 0.29) is 6.09 Å². The Morgan fingerprint density at radius 3 is 2.42 bits per heavy atom. The van der Waals surface area contributed by atoms with Crippen LogP contribution in [0.15, 0.2) is 0 Å². The predicted octanol–water partition coefficient (Wildman–Crippen LogP) is 2.92. The third-order valence-corrected chi connectivity index (χ3v) is 3.97. The summed E-state index contributed by atoms with van der Waals surface area (Å²) < 4.78 is 5.56. The lowest BCUT2D eigenvalue weighted by atomic mass is 9.91. The maximum absolute atomic E-state index is 12.3. The first-order chi connectivity index (χ1) is 8.96. The van der Waals surface area contributed by atoms with Crippen molar-refractivity contribution in [1.82, 2.24) is 10.2 Å². The normalized spacial score (nSPS) is 24.7. The van der Waals surface area contributed by atoms with Crippen LogP contribution in [0.1, 0.15) is 59.3 Å². The molecule has 1 atom stereocenters. The Kier molecular flexibility index (Phi) is 4.71. The SMILES string of the molecule is CC(C)(C)OC(=O)N(CC1CCCCN1)C1CCC1. The maximum atomic E-state index is 12.3. The summed E-state index contributed by atoms with van der Waals surface area (Å²) in [6, 6.07) is 0.848.